The van der Waals surface area contributed by atoms with Crippen molar-refractivity contribution in [2.75, 3.05) is 0 Å². The summed E-state index contributed by atoms with van der Waals surface area (Å²) in [5.74, 6) is -1.72. The molecule has 2 rings (SSSR count). The van der Waals surface area contributed by atoms with E-state index in [1.807, 2.05) is 19.9 Å². The molecule has 0 aromatic carbocycles. The first-order valence-electron chi connectivity index (χ1n) is 9.56. The molecule has 0 radical (unpaired) electrons. The highest BCUT2D eigenvalue weighted by atomic mass is 16.6. The van der Waals surface area contributed by atoms with Crippen LogP contribution in [0.4, 0.5) is 0 Å². The number of epoxide rings is 1. The van der Waals surface area contributed by atoms with Crippen LogP contribution in [0.15, 0.2) is 35.5 Å². The van der Waals surface area contributed by atoms with Gasteiger partial charge in [0.1, 0.15) is 6.10 Å². The lowest BCUT2D eigenvalue weighted by molar-refractivity contribution is -0.157. The zero-order chi connectivity index (χ0) is 21.2. The number of fused-ring (bicyclic) bond motifs is 1. The SMILES string of the molecule is C=C(C(CC=C(C)C)OC(C)=O)C1CC2OC2(C)C(=O)C1OC(=O)C(C)=CC. The Kier molecular flexibility index (Phi) is 6.65. The zero-order valence-electron chi connectivity index (χ0n) is 17.5. The molecule has 2 aliphatic rings. The van der Waals surface area contributed by atoms with Gasteiger partial charge in [-0.1, -0.05) is 24.3 Å². The van der Waals surface area contributed by atoms with Gasteiger partial charge in [-0.15, -0.1) is 0 Å². The minimum Gasteiger partial charge on any atom is -0.458 e. The molecule has 5 atom stereocenters. The monoisotopic (exact) mass is 390 g/mol. The number of hydrogen-bond acceptors (Lipinski definition) is 6. The maximum Gasteiger partial charge on any atom is 0.334 e. The minimum absolute atomic E-state index is 0.235. The highest BCUT2D eigenvalue weighted by Crippen LogP contribution is 2.50. The summed E-state index contributed by atoms with van der Waals surface area (Å²) in [7, 11) is 0. The number of rotatable bonds is 7. The molecule has 1 heterocycles. The van der Waals surface area contributed by atoms with Crippen LogP contribution < -0.4 is 0 Å². The average molecular weight is 390 g/mol. The van der Waals surface area contributed by atoms with Gasteiger partial charge in [0.2, 0.25) is 5.78 Å². The van der Waals surface area contributed by atoms with E-state index >= 15 is 0 Å². The molecule has 1 aliphatic carbocycles. The molecule has 0 N–H and O–H groups in total. The van der Waals surface area contributed by atoms with Gasteiger partial charge in [-0.05, 0) is 46.6 Å². The van der Waals surface area contributed by atoms with Gasteiger partial charge in [0.15, 0.2) is 11.7 Å². The zero-order valence-corrected chi connectivity index (χ0v) is 17.5. The van der Waals surface area contributed by atoms with Crippen molar-refractivity contribution in [1.82, 2.24) is 0 Å². The third-order valence-electron chi connectivity index (χ3n) is 5.45. The molecule has 5 unspecified atom stereocenters. The number of allylic oxidation sites excluding steroid dienone is 2. The fourth-order valence-electron chi connectivity index (χ4n) is 3.44. The molecule has 6 heteroatoms. The Morgan fingerprint density at radius 3 is 2.50 bits per heavy atom. The Morgan fingerprint density at radius 1 is 1.32 bits per heavy atom. The molecule has 6 nitrogen and oxygen atoms in total. The van der Waals surface area contributed by atoms with Crippen molar-refractivity contribution in [2.24, 2.45) is 5.92 Å². The van der Waals surface area contributed by atoms with Crippen LogP contribution >= 0.6 is 0 Å². The van der Waals surface area contributed by atoms with Crippen LogP contribution in [0, 0.1) is 5.92 Å². The number of carbonyl (C=O) groups excluding carboxylic acids is 3. The van der Waals surface area contributed by atoms with Gasteiger partial charge in [-0.2, -0.15) is 0 Å². The summed E-state index contributed by atoms with van der Waals surface area (Å²) in [6.45, 7) is 14.4. The van der Waals surface area contributed by atoms with Gasteiger partial charge in [0.25, 0.3) is 0 Å². The van der Waals surface area contributed by atoms with E-state index in [-0.39, 0.29) is 11.9 Å². The van der Waals surface area contributed by atoms with Crippen molar-refractivity contribution in [3.8, 4) is 0 Å². The molecule has 154 valence electrons. The fraction of sp³-hybridized carbons (Fsp3) is 0.591. The van der Waals surface area contributed by atoms with Crippen molar-refractivity contribution in [2.45, 2.75) is 78.3 Å². The molecular weight excluding hydrogens is 360 g/mol. The number of esters is 2. The third kappa shape index (κ3) is 4.61. The predicted octanol–water partition coefficient (Wildman–Crippen LogP) is 3.46. The van der Waals surface area contributed by atoms with Crippen LogP contribution in [-0.2, 0) is 28.6 Å². The molecule has 0 aromatic heterocycles. The third-order valence-corrected chi connectivity index (χ3v) is 5.45. The second-order valence-electron chi connectivity index (χ2n) is 7.91. The van der Waals surface area contributed by atoms with Crippen molar-refractivity contribution in [1.29, 1.82) is 0 Å². The minimum atomic E-state index is -1.01. The largest absolute Gasteiger partial charge is 0.458 e. The second-order valence-corrected chi connectivity index (χ2v) is 7.91. The van der Waals surface area contributed by atoms with Crippen LogP contribution in [0.3, 0.4) is 0 Å². The molecular formula is C22H30O6. The Balaban J connectivity index is 2.30. The predicted molar refractivity (Wildman–Crippen MR) is 104 cm³/mol. The molecule has 0 spiro atoms. The molecule has 1 saturated heterocycles. The first-order valence-corrected chi connectivity index (χ1v) is 9.56. The Morgan fingerprint density at radius 2 is 1.96 bits per heavy atom. The van der Waals surface area contributed by atoms with Crippen LogP contribution in [0.5, 0.6) is 0 Å². The lowest BCUT2D eigenvalue weighted by atomic mass is 9.74. The summed E-state index contributed by atoms with van der Waals surface area (Å²) < 4.78 is 16.6. The molecule has 1 aliphatic heterocycles. The van der Waals surface area contributed by atoms with E-state index in [1.54, 1.807) is 26.8 Å². The number of Topliss-reactive ketones (excluding diaryl/α,β-unsaturated/α-hetero) is 1. The molecule has 0 bridgehead atoms. The van der Waals surface area contributed by atoms with Crippen molar-refractivity contribution >= 4 is 17.7 Å². The maximum atomic E-state index is 13.0. The molecule has 28 heavy (non-hydrogen) atoms. The molecule has 0 amide bonds. The number of hydrogen-bond donors (Lipinski definition) is 0. The van der Waals surface area contributed by atoms with Crippen LogP contribution in [0.2, 0.25) is 0 Å². The fourth-order valence-corrected chi connectivity index (χ4v) is 3.44. The van der Waals surface area contributed by atoms with E-state index in [0.717, 1.165) is 5.57 Å². The lowest BCUT2D eigenvalue weighted by Gasteiger charge is -2.34. The number of ether oxygens (including phenoxy) is 3. The second kappa shape index (κ2) is 8.43. The Bertz CT molecular complexity index is 742. The first kappa shape index (κ1) is 22.1. The smallest absolute Gasteiger partial charge is 0.334 e. The van der Waals surface area contributed by atoms with Gasteiger partial charge in [0.05, 0.1) is 6.10 Å². The van der Waals surface area contributed by atoms with Gasteiger partial charge in [0, 0.05) is 24.8 Å². The molecule has 2 fully saturated rings. The highest BCUT2D eigenvalue weighted by molar-refractivity contribution is 5.98. The first-order chi connectivity index (χ1) is 13.0. The summed E-state index contributed by atoms with van der Waals surface area (Å²) in [6, 6.07) is 0. The Labute approximate surface area is 166 Å². The number of carbonyl (C=O) groups is 3. The summed E-state index contributed by atoms with van der Waals surface area (Å²) in [6.07, 6.45) is 2.67. The lowest BCUT2D eigenvalue weighted by Crippen LogP contribution is -2.49. The van der Waals surface area contributed by atoms with E-state index in [4.69, 9.17) is 14.2 Å². The van der Waals surface area contributed by atoms with Gasteiger partial charge in [-0.25, -0.2) is 4.79 Å². The van der Waals surface area contributed by atoms with E-state index in [9.17, 15) is 14.4 Å². The van der Waals surface area contributed by atoms with Crippen molar-refractivity contribution in [3.63, 3.8) is 0 Å². The standard InChI is InChI=1S/C22H30O6/c1-8-13(4)21(25)27-19-16(11-18-22(7,28-18)20(19)24)14(5)17(26-15(6)23)10-9-12(2)3/h8-9,16-19H,5,10-11H2,1-4,6-7H3. The van der Waals surface area contributed by atoms with E-state index in [0.29, 0.717) is 24.0 Å². The van der Waals surface area contributed by atoms with E-state index in [1.165, 1.54) is 6.92 Å². The van der Waals surface area contributed by atoms with E-state index < -0.39 is 35.7 Å². The Hall–Kier alpha value is -2.21. The van der Waals surface area contributed by atoms with Crippen LogP contribution in [-0.4, -0.2) is 41.6 Å². The number of ketones is 1. The van der Waals surface area contributed by atoms with Gasteiger partial charge < -0.3 is 14.2 Å². The molecule has 1 saturated carbocycles. The van der Waals surface area contributed by atoms with Crippen LogP contribution in [0.25, 0.3) is 0 Å². The van der Waals surface area contributed by atoms with Gasteiger partial charge >= 0.3 is 11.9 Å². The summed E-state index contributed by atoms with van der Waals surface area (Å²) in [5, 5.41) is 0. The maximum absolute atomic E-state index is 13.0. The highest BCUT2D eigenvalue weighted by Gasteiger charge is 2.66. The topological polar surface area (TPSA) is 82.2 Å². The molecule has 0 aromatic rings. The van der Waals surface area contributed by atoms with Crippen LogP contribution in [0.1, 0.15) is 54.4 Å². The van der Waals surface area contributed by atoms with E-state index in [2.05, 4.69) is 6.58 Å². The average Bonchev–Trinajstić information content (AvgIpc) is 3.30. The van der Waals surface area contributed by atoms with Gasteiger partial charge in [-0.3, -0.25) is 9.59 Å². The summed E-state index contributed by atoms with van der Waals surface area (Å²) in [4.78, 5) is 36.9. The normalized spacial score (nSPS) is 30.0. The quantitative estimate of drug-likeness (QED) is 0.287. The van der Waals surface area contributed by atoms with Crippen molar-refractivity contribution < 1.29 is 28.6 Å². The summed E-state index contributed by atoms with van der Waals surface area (Å²) in [5.41, 5.74) is 1.15. The van der Waals surface area contributed by atoms with Crippen molar-refractivity contribution in [3.05, 3.63) is 35.5 Å². The summed E-state index contributed by atoms with van der Waals surface area (Å²) >= 11 is 0.